The van der Waals surface area contributed by atoms with Crippen molar-refractivity contribution < 1.29 is 19.1 Å². The zero-order valence-corrected chi connectivity index (χ0v) is 19.2. The summed E-state index contributed by atoms with van der Waals surface area (Å²) < 4.78 is 5.36. The van der Waals surface area contributed by atoms with Crippen molar-refractivity contribution in [3.63, 3.8) is 0 Å². The molecule has 1 unspecified atom stereocenters. The number of aromatic nitrogens is 2. The maximum Gasteiger partial charge on any atom is 0.268 e. The molecule has 1 aliphatic rings. The molecule has 4 rings (SSSR count). The number of pyridine rings is 1. The van der Waals surface area contributed by atoms with Crippen molar-refractivity contribution in [2.45, 2.75) is 31.3 Å². The van der Waals surface area contributed by atoms with E-state index in [4.69, 9.17) is 4.74 Å². The fraction of sp³-hybridized carbons (Fsp3) is 0.320. The zero-order chi connectivity index (χ0) is 24.8. The normalized spacial score (nSPS) is 16.7. The number of hydrogen-bond donors (Lipinski definition) is 4. The van der Waals surface area contributed by atoms with Gasteiger partial charge in [0.05, 0.1) is 13.2 Å². The third-order valence-electron chi connectivity index (χ3n) is 6.03. The minimum atomic E-state index is -0.965. The van der Waals surface area contributed by atoms with Gasteiger partial charge in [0.1, 0.15) is 23.5 Å². The number of nitrogens with zero attached hydrogens (tertiary/aromatic N) is 2. The number of aromatic amines is 1. The van der Waals surface area contributed by atoms with Crippen LogP contribution in [0.1, 0.15) is 28.9 Å². The molecule has 1 fully saturated rings. The predicted molar refractivity (Wildman–Crippen MR) is 127 cm³/mol. The lowest BCUT2D eigenvalue weighted by Crippen LogP contribution is -2.51. The number of nitrogens with one attached hydrogen (secondary N) is 4. The fourth-order valence-corrected chi connectivity index (χ4v) is 4.20. The van der Waals surface area contributed by atoms with Crippen molar-refractivity contribution >= 4 is 28.6 Å². The summed E-state index contributed by atoms with van der Waals surface area (Å²) in [5, 5.41) is 18.5. The lowest BCUT2D eigenvalue weighted by Gasteiger charge is -2.21. The first-order valence-electron chi connectivity index (χ1n) is 11.3. The Balaban J connectivity index is 1.52. The van der Waals surface area contributed by atoms with Crippen LogP contribution in [-0.2, 0) is 16.0 Å². The van der Waals surface area contributed by atoms with Crippen LogP contribution < -0.4 is 20.7 Å². The summed E-state index contributed by atoms with van der Waals surface area (Å²) in [6.45, 7) is 0.560. The lowest BCUT2D eigenvalue weighted by atomic mass is 9.98. The van der Waals surface area contributed by atoms with Crippen LogP contribution in [-0.4, -0.2) is 53.4 Å². The molecule has 2 aromatic heterocycles. The van der Waals surface area contributed by atoms with Gasteiger partial charge in [-0.25, -0.2) is 0 Å². The van der Waals surface area contributed by atoms with Gasteiger partial charge in [0.25, 0.3) is 5.91 Å². The number of benzene rings is 1. The molecule has 0 aliphatic carbocycles. The van der Waals surface area contributed by atoms with Crippen LogP contribution in [0.2, 0.25) is 0 Å². The van der Waals surface area contributed by atoms with E-state index >= 15 is 0 Å². The SMILES string of the molecule is COc1cccc2[nH]c(C(=O)N[C@@H](Cc3cccnc3)C(=O)NC(C#N)C[C@@H]3CCNC3=O)cc12. The molecule has 1 saturated heterocycles. The second kappa shape index (κ2) is 10.7. The molecule has 10 heteroatoms. The number of amides is 3. The van der Waals surface area contributed by atoms with Gasteiger partial charge in [-0.15, -0.1) is 0 Å². The monoisotopic (exact) mass is 474 g/mol. The molecule has 3 atom stereocenters. The molecule has 0 bridgehead atoms. The van der Waals surface area contributed by atoms with E-state index in [1.807, 2.05) is 12.1 Å². The Morgan fingerprint density at radius 2 is 2.14 bits per heavy atom. The van der Waals surface area contributed by atoms with Crippen molar-refractivity contribution in [3.8, 4) is 11.8 Å². The first-order valence-corrected chi connectivity index (χ1v) is 11.3. The summed E-state index contributed by atoms with van der Waals surface area (Å²) in [5.41, 5.74) is 1.74. The van der Waals surface area contributed by atoms with Crippen LogP contribution in [0.5, 0.6) is 5.75 Å². The van der Waals surface area contributed by atoms with Crippen molar-refractivity contribution in [2.75, 3.05) is 13.7 Å². The van der Waals surface area contributed by atoms with Gasteiger partial charge in [0.2, 0.25) is 11.8 Å². The minimum Gasteiger partial charge on any atom is -0.496 e. The first kappa shape index (κ1) is 23.8. The third-order valence-corrected chi connectivity index (χ3v) is 6.03. The van der Waals surface area contributed by atoms with Crippen LogP contribution in [0, 0.1) is 17.2 Å². The molecule has 1 aliphatic heterocycles. The van der Waals surface area contributed by atoms with Crippen molar-refractivity contribution in [2.24, 2.45) is 5.92 Å². The Morgan fingerprint density at radius 1 is 1.29 bits per heavy atom. The number of rotatable bonds is 9. The molecule has 0 spiro atoms. The van der Waals surface area contributed by atoms with Gasteiger partial charge < -0.3 is 25.7 Å². The number of hydrogen-bond acceptors (Lipinski definition) is 6. The summed E-state index contributed by atoms with van der Waals surface area (Å²) in [7, 11) is 1.55. The van der Waals surface area contributed by atoms with E-state index in [1.165, 1.54) is 0 Å². The van der Waals surface area contributed by atoms with Crippen molar-refractivity contribution in [3.05, 3.63) is 60.0 Å². The Bertz CT molecular complexity index is 1270. The first-order chi connectivity index (χ1) is 17.0. The molecule has 180 valence electrons. The molecule has 3 heterocycles. The highest BCUT2D eigenvalue weighted by molar-refractivity contribution is 6.01. The number of methoxy groups -OCH3 is 1. The van der Waals surface area contributed by atoms with E-state index in [0.717, 1.165) is 16.5 Å². The van der Waals surface area contributed by atoms with Crippen LogP contribution >= 0.6 is 0 Å². The maximum atomic E-state index is 13.2. The van der Waals surface area contributed by atoms with E-state index < -0.39 is 23.9 Å². The van der Waals surface area contributed by atoms with E-state index in [2.05, 4.69) is 32.0 Å². The predicted octanol–water partition coefficient (Wildman–Crippen LogP) is 1.45. The standard InChI is InChI=1S/C25H26N6O4/c1-35-22-6-2-5-19-18(22)12-21(30-19)25(34)31-20(10-15-4-3-8-27-14-15)24(33)29-17(13-26)11-16-7-9-28-23(16)32/h2-6,8,12,14,16-17,20,30H,7,9-11H2,1H3,(H,28,32)(H,29,33)(H,31,34)/t16-,17?,20-/m0/s1. The van der Waals surface area contributed by atoms with Crippen molar-refractivity contribution in [1.29, 1.82) is 5.26 Å². The molecule has 4 N–H and O–H groups in total. The molecular formula is C25H26N6O4. The molecule has 35 heavy (non-hydrogen) atoms. The van der Waals surface area contributed by atoms with Crippen LogP contribution in [0.4, 0.5) is 0 Å². The number of ether oxygens (including phenoxy) is 1. The van der Waals surface area contributed by atoms with Crippen LogP contribution in [0.25, 0.3) is 10.9 Å². The van der Waals surface area contributed by atoms with E-state index in [0.29, 0.717) is 18.7 Å². The highest BCUT2D eigenvalue weighted by atomic mass is 16.5. The number of H-pyrrole nitrogens is 1. The Hall–Kier alpha value is -4.39. The topological polar surface area (TPSA) is 149 Å². The van der Waals surface area contributed by atoms with Crippen LogP contribution in [0.3, 0.4) is 0 Å². The molecule has 10 nitrogen and oxygen atoms in total. The number of fused-ring (bicyclic) bond motifs is 1. The van der Waals surface area contributed by atoms with Gasteiger partial charge in [0.15, 0.2) is 0 Å². The van der Waals surface area contributed by atoms with E-state index in [9.17, 15) is 19.6 Å². The minimum absolute atomic E-state index is 0.117. The average molecular weight is 475 g/mol. The maximum absolute atomic E-state index is 13.2. The smallest absolute Gasteiger partial charge is 0.268 e. The average Bonchev–Trinajstić information content (AvgIpc) is 3.49. The lowest BCUT2D eigenvalue weighted by molar-refractivity contribution is -0.125. The summed E-state index contributed by atoms with van der Waals surface area (Å²) in [5.74, 6) is -0.811. The van der Waals surface area contributed by atoms with Gasteiger partial charge in [-0.05, 0) is 42.7 Å². The Kier molecular flexibility index (Phi) is 7.26. The molecular weight excluding hydrogens is 448 g/mol. The summed E-state index contributed by atoms with van der Waals surface area (Å²) in [6.07, 6.45) is 4.24. The third kappa shape index (κ3) is 5.58. The number of carbonyl (C=O) groups is 3. The summed E-state index contributed by atoms with van der Waals surface area (Å²) >= 11 is 0. The largest absolute Gasteiger partial charge is 0.496 e. The van der Waals surface area contributed by atoms with E-state index in [-0.39, 0.29) is 30.4 Å². The zero-order valence-electron chi connectivity index (χ0n) is 19.2. The van der Waals surface area contributed by atoms with Gasteiger partial charge in [-0.2, -0.15) is 5.26 Å². The second-order valence-corrected chi connectivity index (χ2v) is 8.40. The van der Waals surface area contributed by atoms with Gasteiger partial charge in [0, 0.05) is 42.2 Å². The molecule has 0 saturated carbocycles. The number of nitriles is 1. The summed E-state index contributed by atoms with van der Waals surface area (Å²) in [6, 6.07) is 10.9. The fourth-order valence-electron chi connectivity index (χ4n) is 4.20. The molecule has 1 aromatic carbocycles. The van der Waals surface area contributed by atoms with Crippen LogP contribution in [0.15, 0.2) is 48.8 Å². The van der Waals surface area contributed by atoms with Crippen molar-refractivity contribution in [1.82, 2.24) is 25.9 Å². The molecule has 3 aromatic rings. The summed E-state index contributed by atoms with van der Waals surface area (Å²) in [4.78, 5) is 45.3. The number of carbonyl (C=O) groups excluding carboxylic acids is 3. The molecule has 0 radical (unpaired) electrons. The van der Waals surface area contributed by atoms with Gasteiger partial charge >= 0.3 is 0 Å². The van der Waals surface area contributed by atoms with Gasteiger partial charge in [-0.1, -0.05) is 12.1 Å². The second-order valence-electron chi connectivity index (χ2n) is 8.40. The Morgan fingerprint density at radius 3 is 2.83 bits per heavy atom. The highest BCUT2D eigenvalue weighted by Crippen LogP contribution is 2.26. The highest BCUT2D eigenvalue weighted by Gasteiger charge is 2.30. The Labute approximate surface area is 202 Å². The quantitative estimate of drug-likeness (QED) is 0.369. The van der Waals surface area contributed by atoms with Gasteiger partial charge in [-0.3, -0.25) is 19.4 Å². The van der Waals surface area contributed by atoms with E-state index in [1.54, 1.807) is 43.8 Å². The molecule has 3 amide bonds.